The van der Waals surface area contributed by atoms with Crippen LogP contribution in [0.4, 0.5) is 5.69 Å². The lowest BCUT2D eigenvalue weighted by molar-refractivity contribution is 0.0824. The van der Waals surface area contributed by atoms with E-state index in [9.17, 15) is 9.59 Å². The van der Waals surface area contributed by atoms with E-state index in [2.05, 4.69) is 15.3 Å². The van der Waals surface area contributed by atoms with E-state index in [1.165, 1.54) is 18.2 Å². The highest BCUT2D eigenvalue weighted by atomic mass is 16.5. The van der Waals surface area contributed by atoms with Gasteiger partial charge in [-0.1, -0.05) is 0 Å². The van der Waals surface area contributed by atoms with Crippen LogP contribution in [0.3, 0.4) is 0 Å². The van der Waals surface area contributed by atoms with E-state index in [-0.39, 0.29) is 17.9 Å². The van der Waals surface area contributed by atoms with Crippen LogP contribution in [-0.2, 0) is 0 Å². The lowest BCUT2D eigenvalue weighted by Crippen LogP contribution is -2.22. The van der Waals surface area contributed by atoms with Gasteiger partial charge in [-0.15, -0.1) is 0 Å². The van der Waals surface area contributed by atoms with E-state index in [0.29, 0.717) is 28.1 Å². The number of nitrogens with zero attached hydrogens (tertiary/aromatic N) is 4. The molecule has 0 radical (unpaired) electrons. The Balaban J connectivity index is 1.87. The molecule has 0 fully saturated rings. The Morgan fingerprint density at radius 1 is 1.18 bits per heavy atom. The molecule has 3 aromatic rings. The second-order valence-corrected chi connectivity index (χ2v) is 6.88. The molecule has 8 nitrogen and oxygen atoms in total. The van der Waals surface area contributed by atoms with E-state index in [4.69, 9.17) is 4.74 Å². The van der Waals surface area contributed by atoms with Crippen molar-refractivity contribution in [2.45, 2.75) is 19.9 Å². The van der Waals surface area contributed by atoms with E-state index < -0.39 is 0 Å². The van der Waals surface area contributed by atoms with Crippen LogP contribution < -0.4 is 10.1 Å². The van der Waals surface area contributed by atoms with E-state index in [1.807, 2.05) is 18.4 Å². The quantitative estimate of drug-likeness (QED) is 0.734. The van der Waals surface area contributed by atoms with Gasteiger partial charge in [0.05, 0.1) is 24.6 Å². The van der Waals surface area contributed by atoms with Gasteiger partial charge < -0.3 is 19.5 Å². The summed E-state index contributed by atoms with van der Waals surface area (Å²) < 4.78 is 7.19. The number of carbonyl (C=O) groups excluding carboxylic acids is 2. The van der Waals surface area contributed by atoms with E-state index in [1.54, 1.807) is 44.7 Å². The standard InChI is InChI=1S/C20H23N5O3/c1-12(2)25-11-22-16-8-13(10-21-18(16)25)19(26)23-14-6-7-17(28-5)15(9-14)20(27)24(3)4/h6-12H,1-5H3,(H,23,26). The van der Waals surface area contributed by atoms with Gasteiger partial charge in [-0.3, -0.25) is 9.59 Å². The summed E-state index contributed by atoms with van der Waals surface area (Å²) in [6.07, 6.45) is 3.24. The molecule has 0 aliphatic carbocycles. The largest absolute Gasteiger partial charge is 0.496 e. The summed E-state index contributed by atoms with van der Waals surface area (Å²) in [4.78, 5) is 35.2. The average molecular weight is 381 g/mol. The predicted molar refractivity (Wildman–Crippen MR) is 107 cm³/mol. The van der Waals surface area contributed by atoms with Gasteiger partial charge in [-0.05, 0) is 38.1 Å². The molecule has 1 aromatic carbocycles. The smallest absolute Gasteiger partial charge is 0.257 e. The minimum atomic E-state index is -0.332. The molecular formula is C20H23N5O3. The van der Waals surface area contributed by atoms with Gasteiger partial charge in [0, 0.05) is 32.0 Å². The van der Waals surface area contributed by atoms with Crippen LogP contribution in [0.25, 0.3) is 11.2 Å². The van der Waals surface area contributed by atoms with Crippen molar-refractivity contribution < 1.29 is 14.3 Å². The summed E-state index contributed by atoms with van der Waals surface area (Å²) in [6.45, 7) is 4.08. The Bertz CT molecular complexity index is 1040. The number of pyridine rings is 1. The molecule has 28 heavy (non-hydrogen) atoms. The van der Waals surface area contributed by atoms with Crippen LogP contribution in [-0.4, -0.2) is 52.5 Å². The highest BCUT2D eigenvalue weighted by Gasteiger charge is 2.17. The Hall–Kier alpha value is -3.42. The van der Waals surface area contributed by atoms with Crippen LogP contribution in [0.2, 0.25) is 0 Å². The molecule has 3 rings (SSSR count). The third kappa shape index (κ3) is 3.66. The molecule has 8 heteroatoms. The first-order valence-corrected chi connectivity index (χ1v) is 8.85. The van der Waals surface area contributed by atoms with Crippen LogP contribution in [0.5, 0.6) is 5.75 Å². The molecule has 1 N–H and O–H groups in total. The molecule has 0 saturated heterocycles. The number of methoxy groups -OCH3 is 1. The summed E-state index contributed by atoms with van der Waals surface area (Å²) in [5, 5.41) is 2.80. The second-order valence-electron chi connectivity index (χ2n) is 6.88. The van der Waals surface area contributed by atoms with Crippen molar-refractivity contribution >= 4 is 28.7 Å². The molecule has 2 heterocycles. The fraction of sp³-hybridized carbons (Fsp3) is 0.300. The number of hydrogen-bond acceptors (Lipinski definition) is 5. The van der Waals surface area contributed by atoms with Gasteiger partial charge in [0.15, 0.2) is 5.65 Å². The Morgan fingerprint density at radius 3 is 2.57 bits per heavy atom. The summed E-state index contributed by atoms with van der Waals surface area (Å²) in [5.41, 5.74) is 2.63. The molecule has 0 saturated carbocycles. The summed E-state index contributed by atoms with van der Waals surface area (Å²) in [7, 11) is 4.81. The monoisotopic (exact) mass is 381 g/mol. The number of fused-ring (bicyclic) bond motifs is 1. The van der Waals surface area contributed by atoms with Crippen molar-refractivity contribution in [1.29, 1.82) is 0 Å². The summed E-state index contributed by atoms with van der Waals surface area (Å²) in [5.74, 6) is -0.101. The number of rotatable bonds is 5. The molecule has 0 unspecified atom stereocenters. The Kier molecular flexibility index (Phi) is 5.30. The zero-order chi connectivity index (χ0) is 20.4. The van der Waals surface area contributed by atoms with Crippen molar-refractivity contribution in [3.8, 4) is 5.75 Å². The van der Waals surface area contributed by atoms with Gasteiger partial charge in [0.2, 0.25) is 0 Å². The zero-order valence-corrected chi connectivity index (χ0v) is 16.6. The Labute approximate surface area is 163 Å². The van der Waals surface area contributed by atoms with Crippen molar-refractivity contribution in [1.82, 2.24) is 19.4 Å². The number of hydrogen-bond donors (Lipinski definition) is 1. The minimum Gasteiger partial charge on any atom is -0.496 e. The maximum atomic E-state index is 12.7. The molecular weight excluding hydrogens is 358 g/mol. The number of amides is 2. The number of benzene rings is 1. The molecule has 0 atom stereocenters. The molecule has 0 spiro atoms. The second kappa shape index (κ2) is 7.67. The van der Waals surface area contributed by atoms with Crippen LogP contribution in [0, 0.1) is 0 Å². The van der Waals surface area contributed by atoms with Gasteiger partial charge in [0.1, 0.15) is 11.3 Å². The normalized spacial score (nSPS) is 10.9. The highest BCUT2D eigenvalue weighted by Crippen LogP contribution is 2.24. The minimum absolute atomic E-state index is 0.213. The van der Waals surface area contributed by atoms with E-state index >= 15 is 0 Å². The average Bonchev–Trinajstić information content (AvgIpc) is 3.10. The highest BCUT2D eigenvalue weighted by molar-refractivity contribution is 6.06. The topological polar surface area (TPSA) is 89.3 Å². The Morgan fingerprint density at radius 2 is 1.93 bits per heavy atom. The molecule has 2 amide bonds. The van der Waals surface area contributed by atoms with Gasteiger partial charge in [-0.2, -0.15) is 0 Å². The molecule has 0 aliphatic rings. The van der Waals surface area contributed by atoms with Crippen LogP contribution in [0.15, 0.2) is 36.8 Å². The third-order valence-electron chi connectivity index (χ3n) is 4.33. The maximum absolute atomic E-state index is 12.7. The molecule has 146 valence electrons. The first kappa shape index (κ1) is 19.3. The number of aromatic nitrogens is 3. The number of carbonyl (C=O) groups is 2. The summed E-state index contributed by atoms with van der Waals surface area (Å²) >= 11 is 0. The predicted octanol–water partition coefficient (Wildman–Crippen LogP) is 2.97. The van der Waals surface area contributed by atoms with Gasteiger partial charge in [-0.25, -0.2) is 9.97 Å². The van der Waals surface area contributed by atoms with Crippen LogP contribution >= 0.6 is 0 Å². The molecule has 0 bridgehead atoms. The maximum Gasteiger partial charge on any atom is 0.257 e. The number of imidazole rings is 1. The number of ether oxygens (including phenoxy) is 1. The zero-order valence-electron chi connectivity index (χ0n) is 16.6. The third-order valence-corrected chi connectivity index (χ3v) is 4.33. The fourth-order valence-corrected chi connectivity index (χ4v) is 2.82. The van der Waals surface area contributed by atoms with Crippen molar-refractivity contribution in [2.75, 3.05) is 26.5 Å². The number of anilines is 1. The van der Waals surface area contributed by atoms with Crippen molar-refractivity contribution in [2.24, 2.45) is 0 Å². The molecule has 2 aromatic heterocycles. The van der Waals surface area contributed by atoms with Crippen LogP contribution in [0.1, 0.15) is 40.6 Å². The van der Waals surface area contributed by atoms with Crippen molar-refractivity contribution in [3.63, 3.8) is 0 Å². The fourth-order valence-electron chi connectivity index (χ4n) is 2.82. The molecule has 0 aliphatic heterocycles. The lowest BCUT2D eigenvalue weighted by Gasteiger charge is -2.15. The van der Waals surface area contributed by atoms with E-state index in [0.717, 1.165) is 5.65 Å². The SMILES string of the molecule is COc1ccc(NC(=O)c2cnc3c(c2)ncn3C(C)C)cc1C(=O)N(C)C. The van der Waals surface area contributed by atoms with Crippen molar-refractivity contribution in [3.05, 3.63) is 47.9 Å². The first-order valence-electron chi connectivity index (χ1n) is 8.85. The number of nitrogens with one attached hydrogen (secondary N) is 1. The first-order chi connectivity index (χ1) is 13.3. The summed E-state index contributed by atoms with van der Waals surface area (Å²) in [6, 6.07) is 6.86. The van der Waals surface area contributed by atoms with Gasteiger partial charge in [0.25, 0.3) is 11.8 Å². The lowest BCUT2D eigenvalue weighted by atomic mass is 10.1. The van der Waals surface area contributed by atoms with Gasteiger partial charge >= 0.3 is 0 Å².